The van der Waals surface area contributed by atoms with Gasteiger partial charge in [0.1, 0.15) is 0 Å². The molecule has 0 spiro atoms. The molecule has 0 fully saturated rings. The molecule has 0 aliphatic heterocycles. The van der Waals surface area contributed by atoms with Gasteiger partial charge in [-0.05, 0) is 39.0 Å². The Kier molecular flexibility index (Phi) is 6.87. The van der Waals surface area contributed by atoms with E-state index in [4.69, 9.17) is 16.3 Å². The van der Waals surface area contributed by atoms with E-state index in [9.17, 15) is 9.59 Å². The maximum atomic E-state index is 12.8. The Balaban J connectivity index is 2.37. The van der Waals surface area contributed by atoms with E-state index in [0.717, 1.165) is 0 Å². The number of carbonyl (C=O) groups excluding carboxylic acids is 1. The van der Waals surface area contributed by atoms with Gasteiger partial charge >= 0.3 is 0 Å². The van der Waals surface area contributed by atoms with Gasteiger partial charge in [-0.2, -0.15) is 0 Å². The molecule has 0 saturated heterocycles. The number of amides is 1. The molecule has 0 aliphatic carbocycles. The predicted molar refractivity (Wildman–Crippen MR) is 102 cm³/mol. The van der Waals surface area contributed by atoms with E-state index in [0.29, 0.717) is 34.2 Å². The number of halogens is 1. The van der Waals surface area contributed by atoms with E-state index >= 15 is 0 Å². The van der Waals surface area contributed by atoms with Crippen LogP contribution in [0.2, 0.25) is 5.02 Å². The number of rotatable bonds is 7. The van der Waals surface area contributed by atoms with E-state index in [1.807, 2.05) is 13.8 Å². The maximum Gasteiger partial charge on any atom is 0.262 e. The van der Waals surface area contributed by atoms with Gasteiger partial charge in [-0.3, -0.25) is 14.2 Å². The first-order chi connectivity index (χ1) is 11.8. The lowest BCUT2D eigenvalue weighted by atomic mass is 10.2. The van der Waals surface area contributed by atoms with Crippen LogP contribution in [0.1, 0.15) is 26.8 Å². The third-order valence-electron chi connectivity index (χ3n) is 3.60. The summed E-state index contributed by atoms with van der Waals surface area (Å²) in [5.74, 6) is -0.127. The van der Waals surface area contributed by atoms with Crippen molar-refractivity contribution >= 4 is 40.2 Å². The number of nitrogens with one attached hydrogen (secondary N) is 1. The van der Waals surface area contributed by atoms with Crippen LogP contribution < -0.4 is 10.9 Å². The summed E-state index contributed by atoms with van der Waals surface area (Å²) in [5, 5.41) is 3.93. The van der Waals surface area contributed by atoms with Crippen molar-refractivity contribution in [3.63, 3.8) is 0 Å². The lowest BCUT2D eigenvalue weighted by molar-refractivity contribution is -0.120. The Bertz CT molecular complexity index is 823. The molecular weight excluding hydrogens is 362 g/mol. The molecule has 0 saturated carbocycles. The third-order valence-corrected chi connectivity index (χ3v) is 4.91. The summed E-state index contributed by atoms with van der Waals surface area (Å²) in [6, 6.07) is 4.94. The first kappa shape index (κ1) is 19.8. The van der Waals surface area contributed by atoms with Crippen molar-refractivity contribution in [2.75, 3.05) is 20.3 Å². The second-order valence-electron chi connectivity index (χ2n) is 5.87. The van der Waals surface area contributed by atoms with Crippen LogP contribution in [0.3, 0.4) is 0 Å². The predicted octanol–water partition coefficient (Wildman–Crippen LogP) is 2.87. The Hall–Kier alpha value is -1.57. The number of ether oxygens (including phenoxy) is 1. The number of aromatic nitrogens is 2. The average Bonchev–Trinajstić information content (AvgIpc) is 2.54. The van der Waals surface area contributed by atoms with Crippen LogP contribution in [-0.4, -0.2) is 41.0 Å². The zero-order valence-corrected chi connectivity index (χ0v) is 16.3. The Morgan fingerprint density at radius 1 is 1.40 bits per heavy atom. The van der Waals surface area contributed by atoms with Crippen molar-refractivity contribution in [2.45, 2.75) is 37.2 Å². The molecule has 0 unspecified atom stereocenters. The van der Waals surface area contributed by atoms with E-state index < -0.39 is 5.25 Å². The van der Waals surface area contributed by atoms with Crippen LogP contribution in [0.4, 0.5) is 0 Å². The molecule has 8 heteroatoms. The largest absolute Gasteiger partial charge is 0.383 e. The first-order valence-electron chi connectivity index (χ1n) is 8.00. The molecular formula is C17H22ClN3O3S. The summed E-state index contributed by atoms with van der Waals surface area (Å²) in [7, 11) is 1.58. The maximum absolute atomic E-state index is 12.8. The SMILES string of the molecule is COCCNC(=O)[C@@H](C)Sc1nc2cc(Cl)ccc2c(=O)n1C(C)C. The molecule has 0 bridgehead atoms. The highest BCUT2D eigenvalue weighted by molar-refractivity contribution is 8.00. The summed E-state index contributed by atoms with van der Waals surface area (Å²) in [6.07, 6.45) is 0. The van der Waals surface area contributed by atoms with Crippen molar-refractivity contribution in [1.82, 2.24) is 14.9 Å². The average molecular weight is 384 g/mol. The van der Waals surface area contributed by atoms with E-state index in [-0.39, 0.29) is 17.5 Å². The quantitative estimate of drug-likeness (QED) is 0.452. The number of hydrogen-bond acceptors (Lipinski definition) is 5. The number of thioether (sulfide) groups is 1. The molecule has 1 heterocycles. The molecule has 2 aromatic rings. The van der Waals surface area contributed by atoms with Gasteiger partial charge in [0, 0.05) is 24.7 Å². The van der Waals surface area contributed by atoms with Gasteiger partial charge in [-0.1, -0.05) is 23.4 Å². The minimum Gasteiger partial charge on any atom is -0.383 e. The molecule has 6 nitrogen and oxygen atoms in total. The standard InChI is InChI=1S/C17H22ClN3O3S/c1-10(2)21-16(23)13-6-5-12(18)9-14(13)20-17(21)25-11(3)15(22)19-7-8-24-4/h5-6,9-11H,7-8H2,1-4H3,(H,19,22)/t11-/m1/s1. The molecule has 136 valence electrons. The molecule has 1 atom stereocenters. The van der Waals surface area contributed by atoms with Crippen molar-refractivity contribution in [2.24, 2.45) is 0 Å². The van der Waals surface area contributed by atoms with Crippen LogP contribution in [-0.2, 0) is 9.53 Å². The fraction of sp³-hybridized carbons (Fsp3) is 0.471. The van der Waals surface area contributed by atoms with Crippen LogP contribution in [0, 0.1) is 0 Å². The van der Waals surface area contributed by atoms with E-state index in [1.165, 1.54) is 11.8 Å². The van der Waals surface area contributed by atoms with Gasteiger partial charge in [0.2, 0.25) is 5.91 Å². The van der Waals surface area contributed by atoms with Gasteiger partial charge < -0.3 is 10.1 Å². The van der Waals surface area contributed by atoms with Crippen LogP contribution >= 0.6 is 23.4 Å². The number of hydrogen-bond donors (Lipinski definition) is 1. The molecule has 25 heavy (non-hydrogen) atoms. The Morgan fingerprint density at radius 2 is 2.12 bits per heavy atom. The summed E-state index contributed by atoms with van der Waals surface area (Å²) < 4.78 is 6.54. The second-order valence-corrected chi connectivity index (χ2v) is 7.61. The Labute approximate surface area is 155 Å². The molecule has 1 amide bonds. The lowest BCUT2D eigenvalue weighted by Gasteiger charge is -2.18. The molecule has 2 rings (SSSR count). The highest BCUT2D eigenvalue weighted by atomic mass is 35.5. The van der Waals surface area contributed by atoms with Crippen molar-refractivity contribution < 1.29 is 9.53 Å². The second kappa shape index (κ2) is 8.69. The summed E-state index contributed by atoms with van der Waals surface area (Å²) >= 11 is 7.28. The number of nitrogens with zero attached hydrogens (tertiary/aromatic N) is 2. The van der Waals surface area contributed by atoms with Gasteiger partial charge in [0.15, 0.2) is 5.16 Å². The number of methoxy groups -OCH3 is 1. The zero-order valence-electron chi connectivity index (χ0n) is 14.7. The van der Waals surface area contributed by atoms with Gasteiger partial charge in [-0.25, -0.2) is 4.98 Å². The minimum atomic E-state index is -0.398. The molecule has 1 N–H and O–H groups in total. The normalized spacial score (nSPS) is 12.6. The summed E-state index contributed by atoms with van der Waals surface area (Å²) in [4.78, 5) is 29.6. The summed E-state index contributed by atoms with van der Waals surface area (Å²) in [5.41, 5.74) is 0.398. The molecule has 1 aromatic carbocycles. The smallest absolute Gasteiger partial charge is 0.262 e. The van der Waals surface area contributed by atoms with Crippen molar-refractivity contribution in [3.8, 4) is 0 Å². The van der Waals surface area contributed by atoms with Crippen LogP contribution in [0.15, 0.2) is 28.2 Å². The highest BCUT2D eigenvalue weighted by Crippen LogP contribution is 2.25. The number of carbonyl (C=O) groups is 1. The lowest BCUT2D eigenvalue weighted by Crippen LogP contribution is -2.34. The first-order valence-corrected chi connectivity index (χ1v) is 9.26. The van der Waals surface area contributed by atoms with Crippen LogP contribution in [0.25, 0.3) is 10.9 Å². The number of fused-ring (bicyclic) bond motifs is 1. The topological polar surface area (TPSA) is 73.2 Å². The molecule has 0 radical (unpaired) electrons. The Morgan fingerprint density at radius 3 is 2.76 bits per heavy atom. The van der Waals surface area contributed by atoms with Crippen molar-refractivity contribution in [1.29, 1.82) is 0 Å². The van der Waals surface area contributed by atoms with Gasteiger partial charge in [0.05, 0.1) is 22.8 Å². The van der Waals surface area contributed by atoms with Gasteiger partial charge in [-0.15, -0.1) is 0 Å². The van der Waals surface area contributed by atoms with E-state index in [2.05, 4.69) is 10.3 Å². The minimum absolute atomic E-state index is 0.0775. The van der Waals surface area contributed by atoms with Crippen molar-refractivity contribution in [3.05, 3.63) is 33.6 Å². The number of benzene rings is 1. The molecule has 0 aliphatic rings. The highest BCUT2D eigenvalue weighted by Gasteiger charge is 2.20. The third kappa shape index (κ3) is 4.74. The summed E-state index contributed by atoms with van der Waals surface area (Å²) in [6.45, 7) is 6.51. The fourth-order valence-electron chi connectivity index (χ4n) is 2.32. The van der Waals surface area contributed by atoms with E-state index in [1.54, 1.807) is 36.8 Å². The fourth-order valence-corrected chi connectivity index (χ4v) is 3.55. The molecule has 1 aromatic heterocycles. The van der Waals surface area contributed by atoms with Crippen LogP contribution in [0.5, 0.6) is 0 Å². The zero-order chi connectivity index (χ0) is 18.6. The van der Waals surface area contributed by atoms with Gasteiger partial charge in [0.25, 0.3) is 5.56 Å². The monoisotopic (exact) mass is 383 g/mol.